The van der Waals surface area contributed by atoms with Crippen LogP contribution in [-0.2, 0) is 17.6 Å². The summed E-state index contributed by atoms with van der Waals surface area (Å²) in [6, 6.07) is 6.83. The van der Waals surface area contributed by atoms with Gasteiger partial charge in [0.1, 0.15) is 0 Å². The Bertz CT molecular complexity index is 478. The van der Waals surface area contributed by atoms with Crippen LogP contribution in [0.5, 0.6) is 0 Å². The lowest BCUT2D eigenvalue weighted by Crippen LogP contribution is -2.35. The second-order valence-electron chi connectivity index (χ2n) is 5.72. The molecule has 1 aromatic rings. The smallest absolute Gasteiger partial charge is 0.307 e. The van der Waals surface area contributed by atoms with Gasteiger partial charge in [0.2, 0.25) is 0 Å². The average molecular weight is 259 g/mol. The summed E-state index contributed by atoms with van der Waals surface area (Å²) in [6.07, 6.45) is 7.80. The quantitative estimate of drug-likeness (QED) is 0.907. The van der Waals surface area contributed by atoms with Crippen LogP contribution >= 0.6 is 0 Å². The monoisotopic (exact) mass is 259 g/mol. The Morgan fingerprint density at radius 3 is 2.79 bits per heavy atom. The van der Waals surface area contributed by atoms with E-state index in [2.05, 4.69) is 11.0 Å². The number of aliphatic carboxylic acids is 1. The Morgan fingerprint density at radius 1 is 1.26 bits per heavy atom. The van der Waals surface area contributed by atoms with Crippen LogP contribution in [0.4, 0.5) is 5.69 Å². The molecule has 0 atom stereocenters. The number of carboxylic acid groups (broad SMARTS) is 1. The van der Waals surface area contributed by atoms with Gasteiger partial charge in [-0.25, -0.2) is 0 Å². The first-order chi connectivity index (χ1) is 9.25. The molecule has 1 aliphatic heterocycles. The van der Waals surface area contributed by atoms with E-state index in [-0.39, 0.29) is 6.42 Å². The van der Waals surface area contributed by atoms with Crippen molar-refractivity contribution in [1.82, 2.24) is 0 Å². The van der Waals surface area contributed by atoms with Gasteiger partial charge in [0.15, 0.2) is 0 Å². The molecule has 0 radical (unpaired) electrons. The van der Waals surface area contributed by atoms with Crippen LogP contribution in [0.1, 0.15) is 43.2 Å². The molecule has 0 unspecified atom stereocenters. The molecule has 1 aliphatic carbocycles. The lowest BCUT2D eigenvalue weighted by molar-refractivity contribution is -0.136. The molecule has 19 heavy (non-hydrogen) atoms. The number of hydrogen-bond acceptors (Lipinski definition) is 2. The third-order valence-corrected chi connectivity index (χ3v) is 4.52. The summed E-state index contributed by atoms with van der Waals surface area (Å²) in [5.41, 5.74) is 3.57. The standard InChI is InChI=1S/C16H21NO2/c18-16(19)11-12-5-4-8-15-14(12)9-10-17(15)13-6-2-1-3-7-13/h4-5,8,13H,1-3,6-7,9-11H2,(H,18,19). The van der Waals surface area contributed by atoms with Gasteiger partial charge in [-0.15, -0.1) is 0 Å². The van der Waals surface area contributed by atoms with E-state index < -0.39 is 5.97 Å². The maximum atomic E-state index is 10.9. The summed E-state index contributed by atoms with van der Waals surface area (Å²) >= 11 is 0. The van der Waals surface area contributed by atoms with E-state index in [0.717, 1.165) is 18.5 Å². The van der Waals surface area contributed by atoms with Crippen molar-refractivity contribution in [2.75, 3.05) is 11.4 Å². The number of benzene rings is 1. The highest BCUT2D eigenvalue weighted by molar-refractivity contribution is 5.73. The SMILES string of the molecule is O=C(O)Cc1cccc2c1CCN2C1CCCCC1. The van der Waals surface area contributed by atoms with Crippen LogP contribution in [0.2, 0.25) is 0 Å². The molecule has 0 aromatic heterocycles. The number of carbonyl (C=O) groups is 1. The van der Waals surface area contributed by atoms with E-state index in [9.17, 15) is 4.79 Å². The number of carboxylic acids is 1. The molecule has 1 fully saturated rings. The van der Waals surface area contributed by atoms with Crippen molar-refractivity contribution in [2.45, 2.75) is 51.0 Å². The van der Waals surface area contributed by atoms with Gasteiger partial charge in [-0.2, -0.15) is 0 Å². The summed E-state index contributed by atoms with van der Waals surface area (Å²) in [7, 11) is 0. The molecule has 1 N–H and O–H groups in total. The van der Waals surface area contributed by atoms with E-state index >= 15 is 0 Å². The predicted molar refractivity (Wildman–Crippen MR) is 75.7 cm³/mol. The highest BCUT2D eigenvalue weighted by Gasteiger charge is 2.28. The minimum absolute atomic E-state index is 0.154. The summed E-state index contributed by atoms with van der Waals surface area (Å²) in [4.78, 5) is 13.5. The molecule has 1 aromatic carbocycles. The van der Waals surface area contributed by atoms with Crippen LogP contribution in [-0.4, -0.2) is 23.7 Å². The van der Waals surface area contributed by atoms with Gasteiger partial charge in [0.25, 0.3) is 0 Å². The lowest BCUT2D eigenvalue weighted by Gasteiger charge is -2.33. The number of rotatable bonds is 3. The van der Waals surface area contributed by atoms with E-state index in [1.165, 1.54) is 43.4 Å². The highest BCUT2D eigenvalue weighted by atomic mass is 16.4. The first-order valence-corrected chi connectivity index (χ1v) is 7.35. The topological polar surface area (TPSA) is 40.5 Å². The molecule has 0 saturated heterocycles. The number of hydrogen-bond donors (Lipinski definition) is 1. The molecule has 3 rings (SSSR count). The van der Waals surface area contributed by atoms with Crippen LogP contribution in [0.3, 0.4) is 0 Å². The molecule has 2 aliphatic rings. The Balaban J connectivity index is 1.85. The molecule has 0 spiro atoms. The van der Waals surface area contributed by atoms with Crippen molar-refractivity contribution in [3.63, 3.8) is 0 Å². The van der Waals surface area contributed by atoms with E-state index in [1.54, 1.807) is 0 Å². The third-order valence-electron chi connectivity index (χ3n) is 4.52. The molecular formula is C16H21NO2. The summed E-state index contributed by atoms with van der Waals surface area (Å²) in [6.45, 7) is 1.07. The molecule has 0 bridgehead atoms. The van der Waals surface area contributed by atoms with Gasteiger partial charge in [-0.05, 0) is 36.5 Å². The van der Waals surface area contributed by atoms with Crippen molar-refractivity contribution in [3.8, 4) is 0 Å². The minimum atomic E-state index is -0.732. The van der Waals surface area contributed by atoms with E-state index in [0.29, 0.717) is 6.04 Å². The van der Waals surface area contributed by atoms with Gasteiger partial charge in [0, 0.05) is 18.3 Å². The molecule has 0 amide bonds. The second kappa shape index (κ2) is 5.24. The number of nitrogens with zero attached hydrogens (tertiary/aromatic N) is 1. The fourth-order valence-electron chi connectivity index (χ4n) is 3.63. The zero-order chi connectivity index (χ0) is 13.2. The first kappa shape index (κ1) is 12.5. The fourth-order valence-corrected chi connectivity index (χ4v) is 3.63. The van der Waals surface area contributed by atoms with E-state index in [4.69, 9.17) is 5.11 Å². The second-order valence-corrected chi connectivity index (χ2v) is 5.72. The van der Waals surface area contributed by atoms with Crippen molar-refractivity contribution >= 4 is 11.7 Å². The van der Waals surface area contributed by atoms with Gasteiger partial charge in [0.05, 0.1) is 6.42 Å². The van der Waals surface area contributed by atoms with Crippen molar-refractivity contribution < 1.29 is 9.90 Å². The highest BCUT2D eigenvalue weighted by Crippen LogP contribution is 2.36. The maximum absolute atomic E-state index is 10.9. The molecule has 102 valence electrons. The lowest BCUT2D eigenvalue weighted by atomic mass is 9.94. The Kier molecular flexibility index (Phi) is 3.45. The van der Waals surface area contributed by atoms with Crippen LogP contribution in [0.25, 0.3) is 0 Å². The number of anilines is 1. The zero-order valence-corrected chi connectivity index (χ0v) is 11.3. The molecule has 3 heteroatoms. The Hall–Kier alpha value is -1.51. The summed E-state index contributed by atoms with van der Waals surface area (Å²) in [5, 5.41) is 9.00. The largest absolute Gasteiger partial charge is 0.481 e. The Morgan fingerprint density at radius 2 is 2.05 bits per heavy atom. The fraction of sp³-hybridized carbons (Fsp3) is 0.562. The van der Waals surface area contributed by atoms with Gasteiger partial charge < -0.3 is 10.0 Å². The Labute approximate surface area is 114 Å². The summed E-state index contributed by atoms with van der Waals surface area (Å²) in [5.74, 6) is -0.732. The summed E-state index contributed by atoms with van der Waals surface area (Å²) < 4.78 is 0. The average Bonchev–Trinajstić information content (AvgIpc) is 2.84. The van der Waals surface area contributed by atoms with Crippen molar-refractivity contribution in [1.29, 1.82) is 0 Å². The predicted octanol–water partition coefficient (Wildman–Crippen LogP) is 3.01. The van der Waals surface area contributed by atoms with E-state index in [1.807, 2.05) is 12.1 Å². The van der Waals surface area contributed by atoms with Gasteiger partial charge >= 0.3 is 5.97 Å². The van der Waals surface area contributed by atoms with Crippen molar-refractivity contribution in [3.05, 3.63) is 29.3 Å². The maximum Gasteiger partial charge on any atom is 0.307 e. The van der Waals surface area contributed by atoms with Crippen LogP contribution in [0.15, 0.2) is 18.2 Å². The van der Waals surface area contributed by atoms with Gasteiger partial charge in [-0.1, -0.05) is 31.4 Å². The van der Waals surface area contributed by atoms with Crippen LogP contribution in [0, 0.1) is 0 Å². The van der Waals surface area contributed by atoms with Crippen molar-refractivity contribution in [2.24, 2.45) is 0 Å². The first-order valence-electron chi connectivity index (χ1n) is 7.35. The molecule has 3 nitrogen and oxygen atoms in total. The molecule has 1 saturated carbocycles. The number of fused-ring (bicyclic) bond motifs is 1. The zero-order valence-electron chi connectivity index (χ0n) is 11.3. The van der Waals surface area contributed by atoms with Crippen LogP contribution < -0.4 is 4.90 Å². The normalized spacial score (nSPS) is 19.5. The third kappa shape index (κ3) is 2.46. The van der Waals surface area contributed by atoms with Gasteiger partial charge in [-0.3, -0.25) is 4.79 Å². The minimum Gasteiger partial charge on any atom is -0.481 e. The molecule has 1 heterocycles. The molecular weight excluding hydrogens is 238 g/mol.